The molecule has 2 fully saturated rings. The summed E-state index contributed by atoms with van der Waals surface area (Å²) >= 11 is 3.50. The number of hydrogen-bond acceptors (Lipinski definition) is 4. The van der Waals surface area contributed by atoms with E-state index in [0.29, 0.717) is 34.6 Å². The zero-order chi connectivity index (χ0) is 16.4. The van der Waals surface area contributed by atoms with Crippen molar-refractivity contribution in [2.45, 2.75) is 38.1 Å². The van der Waals surface area contributed by atoms with Crippen LogP contribution in [-0.2, 0) is 4.79 Å². The van der Waals surface area contributed by atoms with Crippen LogP contribution in [0.5, 0.6) is 0 Å². The number of nitrogens with two attached hydrogens (primary N) is 1. The summed E-state index contributed by atoms with van der Waals surface area (Å²) in [5, 5.41) is 0. The minimum absolute atomic E-state index is 0.256. The van der Waals surface area contributed by atoms with E-state index in [0.717, 1.165) is 35.3 Å². The van der Waals surface area contributed by atoms with Crippen LogP contribution in [-0.4, -0.2) is 44.4 Å². The number of amides is 1. The third-order valence-corrected chi connectivity index (χ3v) is 6.35. The van der Waals surface area contributed by atoms with E-state index in [1.165, 1.54) is 0 Å². The van der Waals surface area contributed by atoms with Gasteiger partial charge in [-0.25, -0.2) is 14.8 Å². The Bertz CT molecular complexity index is 803. The number of carbonyl (C=O) groups excluding carboxylic acids is 1. The quantitative estimate of drug-likeness (QED) is 0.772. The van der Waals surface area contributed by atoms with Crippen molar-refractivity contribution in [3.63, 3.8) is 0 Å². The van der Waals surface area contributed by atoms with Crippen LogP contribution in [0.4, 0.5) is 5.82 Å². The number of hydrogen-bond donors (Lipinski definition) is 1. The molecule has 0 saturated carbocycles. The van der Waals surface area contributed by atoms with Gasteiger partial charge < -0.3 is 5.73 Å². The van der Waals surface area contributed by atoms with E-state index in [9.17, 15) is 4.79 Å². The maximum Gasteiger partial charge on any atom is 0.314 e. The molecule has 2 aromatic rings. The summed E-state index contributed by atoms with van der Waals surface area (Å²) < 4.78 is 3.30. The summed E-state index contributed by atoms with van der Waals surface area (Å²) in [6, 6.07) is 0.458. The summed E-state index contributed by atoms with van der Waals surface area (Å²) in [4.78, 5) is 21.4. The molecule has 4 unspecified atom stereocenters. The maximum absolute atomic E-state index is 12.5. The number of fused-ring (bicyclic) bond motifs is 2. The van der Waals surface area contributed by atoms with Gasteiger partial charge in [0.15, 0.2) is 5.82 Å². The van der Waals surface area contributed by atoms with Gasteiger partial charge in [-0.2, -0.15) is 0 Å². The van der Waals surface area contributed by atoms with Crippen LogP contribution in [0.3, 0.4) is 0 Å². The second kappa shape index (κ2) is 5.01. The van der Waals surface area contributed by atoms with Crippen molar-refractivity contribution in [3.8, 4) is 0 Å². The van der Waals surface area contributed by atoms with Gasteiger partial charge in [-0.15, -0.1) is 0 Å². The van der Waals surface area contributed by atoms with Gasteiger partial charge in [0.1, 0.15) is 15.9 Å². The third kappa shape index (κ3) is 2.06. The first-order valence-electron chi connectivity index (χ1n) is 8.08. The molecule has 2 aliphatic heterocycles. The van der Waals surface area contributed by atoms with E-state index < -0.39 is 0 Å². The Hall–Kier alpha value is -1.47. The lowest BCUT2D eigenvalue weighted by atomic mass is 9.87. The van der Waals surface area contributed by atoms with Crippen molar-refractivity contribution in [1.29, 1.82) is 0 Å². The number of nitrogen functional groups attached to an aromatic ring is 1. The fraction of sp³-hybridized carbons (Fsp3) is 0.562. The molecule has 4 heterocycles. The Morgan fingerprint density at radius 3 is 3.00 bits per heavy atom. The van der Waals surface area contributed by atoms with Gasteiger partial charge >= 0.3 is 5.91 Å². The van der Waals surface area contributed by atoms with Crippen LogP contribution in [0.15, 0.2) is 17.0 Å². The van der Waals surface area contributed by atoms with Gasteiger partial charge in [0.25, 0.3) is 0 Å². The minimum atomic E-state index is 0.256. The van der Waals surface area contributed by atoms with Crippen molar-refractivity contribution in [2.75, 3.05) is 19.3 Å². The lowest BCUT2D eigenvalue weighted by Crippen LogP contribution is -2.57. The standard InChI is InChI=1S/C16H21BrN5O/c1-9-7-12(23)22(2)8-10(3-4-11(9)22)16-20-14(17)13-15(18)19-5-6-21(13)16/h5-6,9-11H,3-4,7-8H2,1-2H3,(H2,18,19)/q+1. The number of quaternary nitrogens is 1. The SMILES string of the molecule is CC1CC(=O)[N+]2(C)CC(c3nc(Br)c4c(N)nccn34)CCC12. The summed E-state index contributed by atoms with van der Waals surface area (Å²) in [6.07, 6.45) is 6.44. The van der Waals surface area contributed by atoms with Crippen LogP contribution in [0.25, 0.3) is 5.52 Å². The van der Waals surface area contributed by atoms with E-state index in [-0.39, 0.29) is 5.92 Å². The number of aromatic nitrogens is 3. The van der Waals surface area contributed by atoms with Gasteiger partial charge in [-0.3, -0.25) is 8.88 Å². The second-order valence-electron chi connectivity index (χ2n) is 7.16. The van der Waals surface area contributed by atoms with E-state index >= 15 is 0 Å². The molecule has 2 aromatic heterocycles. The molecular weight excluding hydrogens is 358 g/mol. The maximum atomic E-state index is 12.5. The lowest BCUT2D eigenvalue weighted by Gasteiger charge is -2.41. The minimum Gasteiger partial charge on any atom is -0.382 e. The fourth-order valence-corrected chi connectivity index (χ4v) is 5.21. The smallest absolute Gasteiger partial charge is 0.314 e. The van der Waals surface area contributed by atoms with E-state index in [1.54, 1.807) is 6.20 Å². The first-order valence-corrected chi connectivity index (χ1v) is 8.87. The highest BCUT2D eigenvalue weighted by atomic mass is 79.9. The molecule has 4 atom stereocenters. The molecule has 4 rings (SSSR count). The molecule has 1 amide bonds. The molecule has 0 bridgehead atoms. The van der Waals surface area contributed by atoms with Crippen LogP contribution < -0.4 is 5.73 Å². The zero-order valence-electron chi connectivity index (χ0n) is 13.4. The molecule has 0 aromatic carbocycles. The molecule has 2 N–H and O–H groups in total. The van der Waals surface area contributed by atoms with Gasteiger partial charge in [0, 0.05) is 24.7 Å². The number of anilines is 1. The molecule has 2 saturated heterocycles. The van der Waals surface area contributed by atoms with Crippen molar-refractivity contribution < 1.29 is 9.28 Å². The Morgan fingerprint density at radius 1 is 1.43 bits per heavy atom. The Kier molecular flexibility index (Phi) is 3.29. The summed E-state index contributed by atoms with van der Waals surface area (Å²) in [7, 11) is 2.10. The molecule has 0 aliphatic carbocycles. The van der Waals surface area contributed by atoms with Crippen LogP contribution in [0.2, 0.25) is 0 Å². The Morgan fingerprint density at radius 2 is 2.22 bits per heavy atom. The molecule has 122 valence electrons. The van der Waals surface area contributed by atoms with Crippen molar-refractivity contribution in [1.82, 2.24) is 14.4 Å². The van der Waals surface area contributed by atoms with E-state index in [2.05, 4.69) is 34.9 Å². The average molecular weight is 379 g/mol. The molecule has 23 heavy (non-hydrogen) atoms. The van der Waals surface area contributed by atoms with Gasteiger partial charge in [-0.05, 0) is 22.4 Å². The van der Waals surface area contributed by atoms with Gasteiger partial charge in [-0.1, -0.05) is 6.92 Å². The first kappa shape index (κ1) is 15.1. The summed E-state index contributed by atoms with van der Waals surface area (Å²) in [6.45, 7) is 3.03. The predicted octanol–water partition coefficient (Wildman–Crippen LogP) is 2.33. The highest BCUT2D eigenvalue weighted by Gasteiger charge is 2.54. The van der Waals surface area contributed by atoms with E-state index in [4.69, 9.17) is 10.7 Å². The number of piperidine rings is 1. The Balaban J connectivity index is 1.76. The van der Waals surface area contributed by atoms with Crippen LogP contribution in [0, 0.1) is 5.92 Å². The summed E-state index contributed by atoms with van der Waals surface area (Å²) in [5.74, 6) is 2.56. The molecule has 7 heteroatoms. The van der Waals surface area contributed by atoms with Crippen molar-refractivity contribution >= 4 is 33.2 Å². The number of likely N-dealkylation sites (N-methyl/N-ethyl adjacent to an activating group) is 1. The number of nitrogens with zero attached hydrogens (tertiary/aromatic N) is 4. The molecule has 6 nitrogen and oxygen atoms in total. The lowest BCUT2D eigenvalue weighted by molar-refractivity contribution is -0.861. The number of halogens is 1. The van der Waals surface area contributed by atoms with Crippen molar-refractivity contribution in [3.05, 3.63) is 22.8 Å². The largest absolute Gasteiger partial charge is 0.382 e. The fourth-order valence-electron chi connectivity index (χ4n) is 4.64. The highest BCUT2D eigenvalue weighted by molar-refractivity contribution is 9.10. The first-order chi connectivity index (χ1) is 10.9. The monoisotopic (exact) mass is 378 g/mol. The number of imidazole rings is 1. The third-order valence-electron chi connectivity index (χ3n) is 5.80. The Labute approximate surface area is 143 Å². The van der Waals surface area contributed by atoms with Gasteiger partial charge in [0.05, 0.1) is 32.0 Å². The van der Waals surface area contributed by atoms with Gasteiger partial charge in [0.2, 0.25) is 0 Å². The van der Waals surface area contributed by atoms with Crippen LogP contribution >= 0.6 is 15.9 Å². The highest BCUT2D eigenvalue weighted by Crippen LogP contribution is 2.43. The second-order valence-corrected chi connectivity index (χ2v) is 7.91. The molecule has 0 radical (unpaired) electrons. The predicted molar refractivity (Wildman–Crippen MR) is 90.7 cm³/mol. The van der Waals surface area contributed by atoms with Crippen molar-refractivity contribution in [2.24, 2.45) is 5.92 Å². The zero-order valence-corrected chi connectivity index (χ0v) is 15.0. The van der Waals surface area contributed by atoms with Crippen LogP contribution in [0.1, 0.15) is 37.9 Å². The number of rotatable bonds is 1. The normalized spacial score (nSPS) is 34.0. The average Bonchev–Trinajstić information content (AvgIpc) is 2.95. The van der Waals surface area contributed by atoms with E-state index in [1.807, 2.05) is 10.6 Å². The number of carbonyl (C=O) groups is 1. The topological polar surface area (TPSA) is 73.3 Å². The molecular formula is C16H21BrN5O+. The molecule has 2 aliphatic rings. The summed E-state index contributed by atoms with van der Waals surface area (Å²) in [5.41, 5.74) is 6.81. The molecule has 0 spiro atoms.